The van der Waals surface area contributed by atoms with E-state index in [1.165, 1.54) is 17.4 Å². The minimum atomic E-state index is -2.69. The van der Waals surface area contributed by atoms with E-state index in [-0.39, 0.29) is 22.9 Å². The fourth-order valence-corrected chi connectivity index (χ4v) is 9.97. The number of nitrogens with zero attached hydrogens (tertiary/aromatic N) is 2. The fourth-order valence-electron chi connectivity index (χ4n) is 5.39. The van der Waals surface area contributed by atoms with Crippen LogP contribution in [0.15, 0.2) is 83.5 Å². The second-order valence-corrected chi connectivity index (χ2v) is 15.6. The van der Waals surface area contributed by atoms with Crippen LogP contribution in [0.5, 0.6) is 0 Å². The predicted molar refractivity (Wildman–Crippen MR) is 157 cm³/mol. The minimum absolute atomic E-state index is 0.0225. The van der Waals surface area contributed by atoms with Crippen LogP contribution in [0.1, 0.15) is 52.8 Å². The molecule has 7 nitrogen and oxygen atoms in total. The van der Waals surface area contributed by atoms with Crippen LogP contribution in [0.25, 0.3) is 0 Å². The van der Waals surface area contributed by atoms with Gasteiger partial charge in [0, 0.05) is 20.7 Å². The van der Waals surface area contributed by atoms with E-state index in [0.29, 0.717) is 18.8 Å². The molecule has 0 aliphatic rings. The van der Waals surface area contributed by atoms with E-state index in [9.17, 15) is 14.7 Å². The predicted octanol–water partition coefficient (Wildman–Crippen LogP) is 5.38. The van der Waals surface area contributed by atoms with Gasteiger partial charge in [0.05, 0.1) is 12.3 Å². The zero-order valence-electron chi connectivity index (χ0n) is 24.1. The Balaban J connectivity index is 1.89. The summed E-state index contributed by atoms with van der Waals surface area (Å²) in [6, 6.07) is 23.5. The van der Waals surface area contributed by atoms with Gasteiger partial charge in [0.25, 0.3) is 8.32 Å². The summed E-state index contributed by atoms with van der Waals surface area (Å²) in [6.45, 7) is 10.9. The molecule has 0 saturated heterocycles. The monoisotopic (exact) mass is 550 g/mol. The molecule has 0 bridgehead atoms. The smallest absolute Gasteiger partial charge is 0.407 e. The number of carbonyl (C=O) groups excluding carboxylic acids is 1. The number of carbonyl (C=O) groups is 2. The van der Waals surface area contributed by atoms with E-state index in [0.717, 1.165) is 4.90 Å². The van der Waals surface area contributed by atoms with Gasteiger partial charge in [0.1, 0.15) is 11.8 Å². The number of amides is 2. The first-order valence-corrected chi connectivity index (χ1v) is 15.3. The number of benzene rings is 2. The van der Waals surface area contributed by atoms with Crippen LogP contribution in [0.3, 0.4) is 0 Å². The van der Waals surface area contributed by atoms with Gasteiger partial charge in [-0.05, 0) is 46.8 Å². The lowest BCUT2D eigenvalue weighted by Gasteiger charge is -2.43. The third kappa shape index (κ3) is 6.45. The molecule has 3 rings (SSSR count). The lowest BCUT2D eigenvalue weighted by Crippen LogP contribution is -2.66. The molecule has 0 aliphatic carbocycles. The molecule has 0 saturated carbocycles. The minimum Gasteiger partial charge on any atom is -0.467 e. The van der Waals surface area contributed by atoms with Crippen LogP contribution >= 0.6 is 0 Å². The molecule has 2 aromatic carbocycles. The van der Waals surface area contributed by atoms with Crippen molar-refractivity contribution in [2.75, 3.05) is 20.7 Å². The molecule has 8 heteroatoms. The van der Waals surface area contributed by atoms with E-state index in [4.69, 9.17) is 8.84 Å². The highest BCUT2D eigenvalue weighted by molar-refractivity contribution is 6.99. The fraction of sp³-hybridized carbons (Fsp3) is 0.419. The summed E-state index contributed by atoms with van der Waals surface area (Å²) in [6.07, 6.45) is 1.13. The van der Waals surface area contributed by atoms with Crippen molar-refractivity contribution in [3.8, 4) is 0 Å². The van der Waals surface area contributed by atoms with Crippen LogP contribution in [-0.4, -0.2) is 62.0 Å². The average molecular weight is 551 g/mol. The van der Waals surface area contributed by atoms with Crippen molar-refractivity contribution in [3.63, 3.8) is 0 Å². The lowest BCUT2D eigenvalue weighted by atomic mass is 9.94. The van der Waals surface area contributed by atoms with Crippen molar-refractivity contribution in [2.24, 2.45) is 5.92 Å². The molecule has 3 atom stereocenters. The van der Waals surface area contributed by atoms with E-state index >= 15 is 0 Å². The van der Waals surface area contributed by atoms with Crippen LogP contribution < -0.4 is 10.4 Å². The van der Waals surface area contributed by atoms with Gasteiger partial charge < -0.3 is 18.8 Å². The van der Waals surface area contributed by atoms with Gasteiger partial charge in [0.2, 0.25) is 5.91 Å². The Bertz CT molecular complexity index is 1160. The van der Waals surface area contributed by atoms with Gasteiger partial charge in [-0.25, -0.2) is 4.79 Å². The molecular formula is C31H42N2O5Si. The Morgan fingerprint density at radius 2 is 1.44 bits per heavy atom. The zero-order valence-corrected chi connectivity index (χ0v) is 25.1. The first-order chi connectivity index (χ1) is 18.4. The molecule has 0 fully saturated rings. The molecule has 1 N–H and O–H groups in total. The zero-order chi connectivity index (χ0) is 28.8. The summed E-state index contributed by atoms with van der Waals surface area (Å²) >= 11 is 0. The number of rotatable bonds is 11. The quantitative estimate of drug-likeness (QED) is 0.324. The van der Waals surface area contributed by atoms with Crippen molar-refractivity contribution in [1.29, 1.82) is 0 Å². The molecular weight excluding hydrogens is 508 g/mol. The van der Waals surface area contributed by atoms with Gasteiger partial charge in [0.15, 0.2) is 0 Å². The van der Waals surface area contributed by atoms with Crippen molar-refractivity contribution in [1.82, 2.24) is 9.80 Å². The molecule has 0 spiro atoms. The number of hydrogen-bond acceptors (Lipinski definition) is 4. The van der Waals surface area contributed by atoms with Crippen LogP contribution in [-0.2, 0) is 9.22 Å². The normalized spacial score (nSPS) is 14.3. The van der Waals surface area contributed by atoms with E-state index < -0.39 is 20.5 Å². The number of carboxylic acid groups (broad SMARTS) is 1. The molecule has 0 radical (unpaired) electrons. The van der Waals surface area contributed by atoms with Gasteiger partial charge >= 0.3 is 6.09 Å². The van der Waals surface area contributed by atoms with E-state index in [1.54, 1.807) is 31.2 Å². The Morgan fingerprint density at radius 1 is 0.897 bits per heavy atom. The molecule has 39 heavy (non-hydrogen) atoms. The number of hydrogen-bond donors (Lipinski definition) is 1. The maximum absolute atomic E-state index is 13.3. The number of furan rings is 1. The summed E-state index contributed by atoms with van der Waals surface area (Å²) in [5.41, 5.74) is 0. The lowest BCUT2D eigenvalue weighted by molar-refractivity contribution is -0.138. The highest BCUT2D eigenvalue weighted by Gasteiger charge is 2.50. The van der Waals surface area contributed by atoms with Crippen molar-refractivity contribution in [2.45, 2.75) is 58.2 Å². The summed E-state index contributed by atoms with van der Waals surface area (Å²) in [5.74, 6) is 0.348. The Kier molecular flexibility index (Phi) is 9.80. The SMILES string of the molecule is CC(C(=O)N(C)[C@H](c1ccco1)[C@H](C)CCO[Si](c1ccccc1)(c1ccccc1)C(C)(C)C)N(C)C(=O)O. The average Bonchev–Trinajstić information content (AvgIpc) is 3.44. The van der Waals surface area contributed by atoms with Crippen molar-refractivity contribution >= 4 is 30.7 Å². The molecule has 1 heterocycles. The largest absolute Gasteiger partial charge is 0.467 e. The third-order valence-corrected chi connectivity index (χ3v) is 12.7. The summed E-state index contributed by atoms with van der Waals surface area (Å²) < 4.78 is 12.8. The molecule has 2 amide bonds. The van der Waals surface area contributed by atoms with Gasteiger partial charge in [-0.2, -0.15) is 0 Å². The third-order valence-electron chi connectivity index (χ3n) is 7.69. The van der Waals surface area contributed by atoms with Gasteiger partial charge in [-0.1, -0.05) is 88.4 Å². The first-order valence-electron chi connectivity index (χ1n) is 13.4. The highest BCUT2D eigenvalue weighted by Crippen LogP contribution is 2.38. The Hall–Kier alpha value is -3.36. The number of likely N-dealkylation sites (N-methyl/N-ethyl adjacent to an activating group) is 2. The molecule has 3 aromatic rings. The maximum Gasteiger partial charge on any atom is 0.407 e. The molecule has 1 unspecified atom stereocenters. The second-order valence-electron chi connectivity index (χ2n) is 11.3. The van der Waals surface area contributed by atoms with Crippen LogP contribution in [0.4, 0.5) is 4.79 Å². The highest BCUT2D eigenvalue weighted by atomic mass is 28.4. The van der Waals surface area contributed by atoms with Gasteiger partial charge in [-0.15, -0.1) is 0 Å². The maximum atomic E-state index is 13.3. The summed E-state index contributed by atoms with van der Waals surface area (Å²) in [7, 11) is 0.427. The first kappa shape index (κ1) is 30.2. The summed E-state index contributed by atoms with van der Waals surface area (Å²) in [5, 5.41) is 11.7. The van der Waals surface area contributed by atoms with Crippen molar-refractivity contribution < 1.29 is 23.5 Å². The van der Waals surface area contributed by atoms with Crippen LogP contribution in [0.2, 0.25) is 5.04 Å². The molecule has 0 aliphatic heterocycles. The Morgan fingerprint density at radius 3 is 1.87 bits per heavy atom. The molecule has 210 valence electrons. The van der Waals surface area contributed by atoms with E-state index in [1.807, 2.05) is 18.2 Å². The standard InChI is InChI=1S/C31H42N2O5Si/c1-23(28(27-19-14-21-37-27)33(7)29(34)24(2)32(6)30(35)36)20-22-38-39(31(3,4)5,25-15-10-8-11-16-25)26-17-12-9-13-18-26/h8-19,21,23-24,28H,20,22H2,1-7H3,(H,35,36)/t23-,24?,28+/m1/s1. The van der Waals surface area contributed by atoms with Gasteiger partial charge in [-0.3, -0.25) is 9.69 Å². The Labute approximate surface area is 233 Å². The molecule has 1 aromatic heterocycles. The summed E-state index contributed by atoms with van der Waals surface area (Å²) in [4.78, 5) is 27.4. The topological polar surface area (TPSA) is 83.2 Å². The van der Waals surface area contributed by atoms with E-state index in [2.05, 4.69) is 76.2 Å². The van der Waals surface area contributed by atoms with Crippen molar-refractivity contribution in [3.05, 3.63) is 84.8 Å². The van der Waals surface area contributed by atoms with Crippen LogP contribution in [0, 0.1) is 5.92 Å². The second kappa shape index (κ2) is 12.7.